The summed E-state index contributed by atoms with van der Waals surface area (Å²) in [5.74, 6) is -1.59. The largest absolute Gasteiger partial charge is 0.480 e. The first-order valence-electron chi connectivity index (χ1n) is 6.66. The number of nitrogens with one attached hydrogen (secondary N) is 1. The first-order valence-corrected chi connectivity index (χ1v) is 8.15. The van der Waals surface area contributed by atoms with Crippen molar-refractivity contribution < 1.29 is 18.3 Å². The Morgan fingerprint density at radius 1 is 1.27 bits per heavy atom. The minimum Gasteiger partial charge on any atom is -0.480 e. The molecule has 0 spiro atoms. The van der Waals surface area contributed by atoms with Crippen molar-refractivity contribution in [2.24, 2.45) is 5.92 Å². The number of carboxylic acids is 1. The smallest absolute Gasteiger partial charge is 0.322 e. The van der Waals surface area contributed by atoms with Crippen LogP contribution in [0.5, 0.6) is 0 Å². The Kier molecular flexibility index (Phi) is 4.62. The van der Waals surface area contributed by atoms with Gasteiger partial charge in [-0.05, 0) is 18.1 Å². The number of aromatic nitrogens is 2. The second kappa shape index (κ2) is 6.29. The molecule has 1 atom stereocenters. The molecule has 1 heterocycles. The van der Waals surface area contributed by atoms with E-state index in [0.717, 1.165) is 0 Å². The van der Waals surface area contributed by atoms with Gasteiger partial charge >= 0.3 is 5.97 Å². The molecule has 0 amide bonds. The first-order chi connectivity index (χ1) is 10.3. The number of hydrogen-bond acceptors (Lipinski definition) is 4. The van der Waals surface area contributed by atoms with Gasteiger partial charge in [-0.1, -0.05) is 32.0 Å². The summed E-state index contributed by atoms with van der Waals surface area (Å²) in [5.41, 5.74) is 0.711. The molecule has 2 aromatic rings. The summed E-state index contributed by atoms with van der Waals surface area (Å²) in [6, 6.07) is 7.83. The van der Waals surface area contributed by atoms with E-state index in [9.17, 15) is 13.2 Å². The van der Waals surface area contributed by atoms with Crippen molar-refractivity contribution >= 4 is 16.0 Å². The van der Waals surface area contributed by atoms with Gasteiger partial charge in [0.2, 0.25) is 10.0 Å². The van der Waals surface area contributed by atoms with Crippen molar-refractivity contribution in [3.63, 3.8) is 0 Å². The number of para-hydroxylation sites is 1. The fourth-order valence-corrected chi connectivity index (χ4v) is 3.14. The van der Waals surface area contributed by atoms with Crippen molar-refractivity contribution in [3.05, 3.63) is 42.7 Å². The molecule has 0 saturated heterocycles. The number of aliphatic carboxylic acids is 1. The van der Waals surface area contributed by atoms with Crippen molar-refractivity contribution in [2.75, 3.05) is 0 Å². The van der Waals surface area contributed by atoms with Crippen LogP contribution in [0.4, 0.5) is 0 Å². The summed E-state index contributed by atoms with van der Waals surface area (Å²) in [7, 11) is -3.95. The van der Waals surface area contributed by atoms with Gasteiger partial charge in [-0.2, -0.15) is 9.82 Å². The second-order valence-corrected chi connectivity index (χ2v) is 6.85. The molecular weight excluding hydrogens is 306 g/mol. The van der Waals surface area contributed by atoms with Crippen molar-refractivity contribution in [3.8, 4) is 5.69 Å². The van der Waals surface area contributed by atoms with E-state index in [0.29, 0.717) is 5.69 Å². The maximum absolute atomic E-state index is 12.3. The highest BCUT2D eigenvalue weighted by Gasteiger charge is 2.28. The third-order valence-electron chi connectivity index (χ3n) is 3.10. The van der Waals surface area contributed by atoms with Gasteiger partial charge in [0.1, 0.15) is 10.9 Å². The zero-order chi connectivity index (χ0) is 16.3. The van der Waals surface area contributed by atoms with Crippen LogP contribution in [0.3, 0.4) is 0 Å². The Bertz CT molecular complexity index is 753. The summed E-state index contributed by atoms with van der Waals surface area (Å²) in [6.07, 6.45) is 2.53. The number of hydrogen-bond donors (Lipinski definition) is 2. The fourth-order valence-electron chi connectivity index (χ4n) is 1.87. The molecule has 0 radical (unpaired) electrons. The number of carbonyl (C=O) groups is 1. The molecular formula is C14H17N3O4S. The van der Waals surface area contributed by atoms with E-state index in [4.69, 9.17) is 5.11 Å². The quantitative estimate of drug-likeness (QED) is 0.833. The summed E-state index contributed by atoms with van der Waals surface area (Å²) >= 11 is 0. The number of rotatable bonds is 6. The predicted molar refractivity (Wildman–Crippen MR) is 80.1 cm³/mol. The van der Waals surface area contributed by atoms with Crippen LogP contribution in [0, 0.1) is 5.92 Å². The van der Waals surface area contributed by atoms with E-state index in [1.54, 1.807) is 26.0 Å². The summed E-state index contributed by atoms with van der Waals surface area (Å²) in [4.78, 5) is 11.0. The Balaban J connectivity index is 2.28. The van der Waals surface area contributed by atoms with Crippen LogP contribution >= 0.6 is 0 Å². The van der Waals surface area contributed by atoms with Crippen LogP contribution in [0.25, 0.3) is 5.69 Å². The van der Waals surface area contributed by atoms with Crippen LogP contribution in [0.15, 0.2) is 47.6 Å². The molecule has 0 aliphatic rings. The van der Waals surface area contributed by atoms with Gasteiger partial charge in [-0.15, -0.1) is 0 Å². The summed E-state index contributed by atoms with van der Waals surface area (Å²) in [6.45, 7) is 3.27. The molecule has 1 aromatic carbocycles. The molecule has 0 unspecified atom stereocenters. The molecule has 8 heteroatoms. The third-order valence-corrected chi connectivity index (χ3v) is 4.50. The predicted octanol–water partition coefficient (Wildman–Crippen LogP) is 1.26. The lowest BCUT2D eigenvalue weighted by atomic mass is 10.1. The van der Waals surface area contributed by atoms with Gasteiger partial charge in [-0.25, -0.2) is 13.1 Å². The lowest BCUT2D eigenvalue weighted by Crippen LogP contribution is -2.44. The average Bonchev–Trinajstić information content (AvgIpc) is 2.96. The summed E-state index contributed by atoms with van der Waals surface area (Å²) in [5, 5.41) is 13.1. The molecule has 0 fully saturated rings. The SMILES string of the molecule is CC(C)[C@@H](NS(=O)(=O)c1cnn(-c2ccccc2)c1)C(=O)O. The second-order valence-electron chi connectivity index (χ2n) is 5.14. The molecule has 0 bridgehead atoms. The lowest BCUT2D eigenvalue weighted by Gasteiger charge is -2.17. The fraction of sp³-hybridized carbons (Fsp3) is 0.286. The number of nitrogens with zero attached hydrogens (tertiary/aromatic N) is 2. The maximum atomic E-state index is 12.3. The van der Waals surface area contributed by atoms with Crippen molar-refractivity contribution in [1.82, 2.24) is 14.5 Å². The summed E-state index contributed by atoms with van der Waals surface area (Å²) < 4.78 is 28.1. The van der Waals surface area contributed by atoms with Crippen LogP contribution in [0.1, 0.15) is 13.8 Å². The van der Waals surface area contributed by atoms with Crippen LogP contribution in [-0.4, -0.2) is 35.3 Å². The Morgan fingerprint density at radius 3 is 2.45 bits per heavy atom. The highest BCUT2D eigenvalue weighted by atomic mass is 32.2. The van der Waals surface area contributed by atoms with Gasteiger partial charge in [-0.3, -0.25) is 4.79 Å². The van der Waals surface area contributed by atoms with Gasteiger partial charge in [0, 0.05) is 0 Å². The van der Waals surface area contributed by atoms with Crippen molar-refractivity contribution in [1.29, 1.82) is 0 Å². The molecule has 7 nitrogen and oxygen atoms in total. The molecule has 2 N–H and O–H groups in total. The van der Waals surface area contributed by atoms with E-state index in [-0.39, 0.29) is 10.8 Å². The topological polar surface area (TPSA) is 101 Å². The van der Waals surface area contributed by atoms with Gasteiger partial charge in [0.05, 0.1) is 18.1 Å². The maximum Gasteiger partial charge on any atom is 0.322 e. The van der Waals surface area contributed by atoms with Crippen LogP contribution in [-0.2, 0) is 14.8 Å². The highest BCUT2D eigenvalue weighted by Crippen LogP contribution is 2.14. The van der Waals surface area contributed by atoms with Gasteiger partial charge in [0.25, 0.3) is 0 Å². The van der Waals surface area contributed by atoms with Gasteiger partial charge in [0.15, 0.2) is 0 Å². The zero-order valence-corrected chi connectivity index (χ0v) is 13.0. The Labute approximate surface area is 128 Å². The van der Waals surface area contributed by atoms with E-state index in [1.807, 2.05) is 18.2 Å². The highest BCUT2D eigenvalue weighted by molar-refractivity contribution is 7.89. The minimum atomic E-state index is -3.95. The first kappa shape index (κ1) is 16.2. The zero-order valence-electron chi connectivity index (χ0n) is 12.2. The van der Waals surface area contributed by atoms with Crippen LogP contribution < -0.4 is 4.72 Å². The number of carboxylic acid groups (broad SMARTS) is 1. The standard InChI is InChI=1S/C14H17N3O4S/c1-10(2)13(14(18)19)16-22(20,21)12-8-15-17(9-12)11-6-4-3-5-7-11/h3-10,13,16H,1-2H3,(H,18,19)/t13-/m1/s1. The van der Waals surface area contributed by atoms with E-state index in [1.165, 1.54) is 17.1 Å². The van der Waals surface area contributed by atoms with E-state index in [2.05, 4.69) is 9.82 Å². The molecule has 118 valence electrons. The van der Waals surface area contributed by atoms with Crippen LogP contribution in [0.2, 0.25) is 0 Å². The Hall–Kier alpha value is -2.19. The normalized spacial score (nSPS) is 13.2. The number of benzene rings is 1. The van der Waals surface area contributed by atoms with Gasteiger partial charge < -0.3 is 5.11 Å². The number of sulfonamides is 1. The van der Waals surface area contributed by atoms with Crippen molar-refractivity contribution in [2.45, 2.75) is 24.8 Å². The molecule has 0 aliphatic heterocycles. The molecule has 0 aliphatic carbocycles. The average molecular weight is 323 g/mol. The van der Waals surface area contributed by atoms with E-state index < -0.39 is 22.0 Å². The molecule has 2 rings (SSSR count). The molecule has 22 heavy (non-hydrogen) atoms. The Morgan fingerprint density at radius 2 is 1.91 bits per heavy atom. The molecule has 0 saturated carbocycles. The molecule has 1 aromatic heterocycles. The van der Waals surface area contributed by atoms with E-state index >= 15 is 0 Å². The minimum absolute atomic E-state index is 0.0803. The third kappa shape index (κ3) is 3.52. The monoisotopic (exact) mass is 323 g/mol. The lowest BCUT2D eigenvalue weighted by molar-refractivity contribution is -0.140.